The summed E-state index contributed by atoms with van der Waals surface area (Å²) >= 11 is 24.4. The van der Waals surface area contributed by atoms with Crippen LogP contribution >= 0.6 is 46.4 Å². The van der Waals surface area contributed by atoms with Crippen molar-refractivity contribution in [3.63, 3.8) is 0 Å². The Morgan fingerprint density at radius 1 is 1.11 bits per heavy atom. The lowest BCUT2D eigenvalue weighted by Gasteiger charge is -2.21. The molecule has 1 aliphatic carbocycles. The first-order valence-electron chi connectivity index (χ1n) is 5.78. The summed E-state index contributed by atoms with van der Waals surface area (Å²) in [6.45, 7) is 0. The fourth-order valence-corrected chi connectivity index (χ4v) is 3.13. The van der Waals surface area contributed by atoms with Gasteiger partial charge in [0.2, 0.25) is 0 Å². The predicted molar refractivity (Wildman–Crippen MR) is 85.8 cm³/mol. The van der Waals surface area contributed by atoms with E-state index >= 15 is 0 Å². The van der Waals surface area contributed by atoms with Crippen molar-refractivity contribution in [2.75, 3.05) is 19.0 Å². The van der Waals surface area contributed by atoms with Crippen LogP contribution < -0.4 is 4.90 Å². The number of hydrogen-bond acceptors (Lipinski definition) is 1. The molecule has 1 aromatic rings. The molecule has 1 aliphatic rings. The lowest BCUT2D eigenvalue weighted by Crippen LogP contribution is -2.10. The number of hydrogen-bond donors (Lipinski definition) is 0. The molecule has 102 valence electrons. The number of anilines is 1. The average Bonchev–Trinajstić information content (AvgIpc) is 2.34. The molecule has 0 fully saturated rings. The van der Waals surface area contributed by atoms with Crippen LogP contribution in [0.2, 0.25) is 5.02 Å². The molecular weight excluding hydrogens is 324 g/mol. The summed E-state index contributed by atoms with van der Waals surface area (Å²) in [5.74, 6) is 0.108. The van der Waals surface area contributed by atoms with Crippen LogP contribution in [-0.2, 0) is 0 Å². The van der Waals surface area contributed by atoms with Gasteiger partial charge in [0.05, 0.1) is 20.8 Å². The topological polar surface area (TPSA) is 3.24 Å². The van der Waals surface area contributed by atoms with Crippen LogP contribution in [0.25, 0.3) is 0 Å². The maximum absolute atomic E-state index is 6.28. The van der Waals surface area contributed by atoms with Crippen LogP contribution in [-0.4, -0.2) is 14.1 Å². The third-order valence-electron chi connectivity index (χ3n) is 3.08. The second-order valence-electron chi connectivity index (χ2n) is 4.65. The van der Waals surface area contributed by atoms with Gasteiger partial charge in [0.15, 0.2) is 0 Å². The fourth-order valence-electron chi connectivity index (χ4n) is 2.05. The number of benzene rings is 1. The Morgan fingerprint density at radius 3 is 2.32 bits per heavy atom. The van der Waals surface area contributed by atoms with E-state index in [4.69, 9.17) is 46.4 Å². The second kappa shape index (κ2) is 5.97. The van der Waals surface area contributed by atoms with Crippen molar-refractivity contribution in [3.8, 4) is 0 Å². The number of rotatable bonds is 2. The molecule has 0 N–H and O–H groups in total. The van der Waals surface area contributed by atoms with Gasteiger partial charge in [-0.1, -0.05) is 58.5 Å². The smallest absolute Gasteiger partial charge is 0.0734 e. The summed E-state index contributed by atoms with van der Waals surface area (Å²) in [5, 5.41) is 2.24. The van der Waals surface area contributed by atoms with Gasteiger partial charge in [0.1, 0.15) is 0 Å². The molecule has 0 saturated carbocycles. The molecule has 5 heteroatoms. The van der Waals surface area contributed by atoms with E-state index in [1.165, 1.54) is 0 Å². The third-order valence-corrected chi connectivity index (χ3v) is 4.66. The Balaban J connectivity index is 2.33. The van der Waals surface area contributed by atoms with E-state index in [9.17, 15) is 0 Å². The van der Waals surface area contributed by atoms with Gasteiger partial charge in [-0.25, -0.2) is 0 Å². The minimum atomic E-state index is 0.108. The Morgan fingerprint density at radius 2 is 1.79 bits per heavy atom. The highest BCUT2D eigenvalue weighted by Crippen LogP contribution is 2.41. The normalized spacial score (nSPS) is 19.5. The van der Waals surface area contributed by atoms with Gasteiger partial charge in [-0.2, -0.15) is 0 Å². The molecular formula is C14H13Cl4N. The highest BCUT2D eigenvalue weighted by atomic mass is 35.5. The zero-order valence-corrected chi connectivity index (χ0v) is 13.6. The predicted octanol–water partition coefficient (Wildman–Crippen LogP) is 5.71. The van der Waals surface area contributed by atoms with Gasteiger partial charge < -0.3 is 4.90 Å². The molecule has 0 aliphatic heterocycles. The van der Waals surface area contributed by atoms with Crippen LogP contribution in [0, 0.1) is 0 Å². The minimum Gasteiger partial charge on any atom is -0.376 e. The summed E-state index contributed by atoms with van der Waals surface area (Å²) in [6, 6.07) is 5.98. The van der Waals surface area contributed by atoms with Crippen LogP contribution in [0.1, 0.15) is 17.9 Å². The summed E-state index contributed by atoms with van der Waals surface area (Å²) in [6.07, 6.45) is 2.56. The zero-order chi connectivity index (χ0) is 14.2. The van der Waals surface area contributed by atoms with Crippen molar-refractivity contribution in [2.45, 2.75) is 12.3 Å². The molecule has 1 nitrogen and oxygen atoms in total. The zero-order valence-electron chi connectivity index (χ0n) is 10.6. The Kier molecular flexibility index (Phi) is 4.73. The second-order valence-corrected chi connectivity index (χ2v) is 6.30. The number of halogens is 4. The van der Waals surface area contributed by atoms with Crippen molar-refractivity contribution in [1.82, 2.24) is 0 Å². The highest BCUT2D eigenvalue weighted by Gasteiger charge is 2.21. The van der Waals surface area contributed by atoms with Crippen LogP contribution in [0.4, 0.5) is 5.69 Å². The quantitative estimate of drug-likeness (QED) is 0.669. The van der Waals surface area contributed by atoms with Crippen molar-refractivity contribution >= 4 is 52.1 Å². The summed E-state index contributed by atoms with van der Waals surface area (Å²) in [7, 11) is 3.91. The highest BCUT2D eigenvalue weighted by molar-refractivity contribution is 6.48. The van der Waals surface area contributed by atoms with Gasteiger partial charge >= 0.3 is 0 Å². The molecule has 19 heavy (non-hydrogen) atoms. The third kappa shape index (κ3) is 3.22. The molecule has 0 radical (unpaired) electrons. The van der Waals surface area contributed by atoms with Gasteiger partial charge in [0.25, 0.3) is 0 Å². The van der Waals surface area contributed by atoms with E-state index < -0.39 is 0 Å². The first-order valence-corrected chi connectivity index (χ1v) is 7.30. The van der Waals surface area contributed by atoms with Crippen molar-refractivity contribution in [3.05, 3.63) is 50.0 Å². The summed E-state index contributed by atoms with van der Waals surface area (Å²) in [4.78, 5) is 1.97. The Labute approximate surface area is 133 Å². The van der Waals surface area contributed by atoms with Crippen LogP contribution in [0.15, 0.2) is 39.4 Å². The minimum absolute atomic E-state index is 0.108. The standard InChI is InChI=1S/C14H13Cl4N/c1-19(2)13-4-3-8(5-10(13)15)9-6-11(16)14(18)12(17)7-9/h3-6,9H,7H2,1-2H3. The van der Waals surface area contributed by atoms with Crippen molar-refractivity contribution in [1.29, 1.82) is 0 Å². The molecule has 2 rings (SSSR count). The number of nitrogens with zero attached hydrogens (tertiary/aromatic N) is 1. The Hall–Kier alpha value is -0.340. The lowest BCUT2D eigenvalue weighted by molar-refractivity contribution is 0.837. The largest absolute Gasteiger partial charge is 0.376 e. The first kappa shape index (κ1) is 15.1. The van der Waals surface area contributed by atoms with Gasteiger partial charge in [0, 0.05) is 25.0 Å². The van der Waals surface area contributed by atoms with Gasteiger partial charge in [-0.3, -0.25) is 0 Å². The molecule has 0 bridgehead atoms. The molecule has 0 heterocycles. The fraction of sp³-hybridized carbons (Fsp3) is 0.286. The maximum Gasteiger partial charge on any atom is 0.0734 e. The molecule has 1 unspecified atom stereocenters. The molecule has 0 saturated heterocycles. The van der Waals surface area contributed by atoms with E-state index in [0.29, 0.717) is 26.5 Å². The maximum atomic E-state index is 6.28. The molecule has 1 atom stereocenters. The molecule has 0 amide bonds. The average molecular weight is 337 g/mol. The monoisotopic (exact) mass is 335 g/mol. The molecule has 0 spiro atoms. The van der Waals surface area contributed by atoms with Crippen molar-refractivity contribution < 1.29 is 0 Å². The van der Waals surface area contributed by atoms with E-state index in [1.54, 1.807) is 0 Å². The van der Waals surface area contributed by atoms with Crippen molar-refractivity contribution in [2.24, 2.45) is 0 Å². The lowest BCUT2D eigenvalue weighted by atomic mass is 9.92. The van der Waals surface area contributed by atoms with E-state index in [2.05, 4.69) is 0 Å². The molecule has 0 aromatic heterocycles. The van der Waals surface area contributed by atoms with Gasteiger partial charge in [-0.05, 0) is 24.1 Å². The SMILES string of the molecule is CN(C)c1ccc(C2C=C(Cl)C(Cl)=C(Cl)C2)cc1Cl. The van der Waals surface area contributed by atoms with E-state index in [1.807, 2.05) is 43.3 Å². The van der Waals surface area contributed by atoms with E-state index in [-0.39, 0.29) is 5.92 Å². The van der Waals surface area contributed by atoms with Crippen LogP contribution in [0.3, 0.4) is 0 Å². The van der Waals surface area contributed by atoms with E-state index in [0.717, 1.165) is 11.3 Å². The van der Waals surface area contributed by atoms with Crippen LogP contribution in [0.5, 0.6) is 0 Å². The Bertz CT molecular complexity index is 561. The first-order chi connectivity index (χ1) is 8.90. The van der Waals surface area contributed by atoms with Gasteiger partial charge in [-0.15, -0.1) is 0 Å². The summed E-state index contributed by atoms with van der Waals surface area (Å²) < 4.78 is 0. The summed E-state index contributed by atoms with van der Waals surface area (Å²) in [5.41, 5.74) is 2.06. The molecule has 1 aromatic carbocycles. The number of allylic oxidation sites excluding steroid dienone is 4.